The smallest absolute Gasteiger partial charge is 0.319 e. The zero-order valence-electron chi connectivity index (χ0n) is 10.3. The van der Waals surface area contributed by atoms with E-state index in [0.29, 0.717) is 24.5 Å². The maximum Gasteiger partial charge on any atom is 0.319 e. The maximum atomic E-state index is 13.3. The SMILES string of the molecule is Cc1ccc(NC(=O)NC2CCOCC2)cc1F. The lowest BCUT2D eigenvalue weighted by Gasteiger charge is -2.23. The van der Waals surface area contributed by atoms with Crippen LogP contribution >= 0.6 is 0 Å². The summed E-state index contributed by atoms with van der Waals surface area (Å²) in [5.41, 5.74) is 1.02. The molecule has 0 unspecified atom stereocenters. The predicted octanol–water partition coefficient (Wildman–Crippen LogP) is 2.43. The van der Waals surface area contributed by atoms with Gasteiger partial charge in [-0.3, -0.25) is 0 Å². The number of benzene rings is 1. The van der Waals surface area contributed by atoms with Crippen LogP contribution in [-0.4, -0.2) is 25.3 Å². The van der Waals surface area contributed by atoms with Crippen LogP contribution in [0.5, 0.6) is 0 Å². The first-order chi connectivity index (χ1) is 8.65. The molecule has 1 saturated heterocycles. The third kappa shape index (κ3) is 3.43. The maximum absolute atomic E-state index is 13.3. The fraction of sp³-hybridized carbons (Fsp3) is 0.462. The Morgan fingerprint density at radius 1 is 1.39 bits per heavy atom. The van der Waals surface area contributed by atoms with E-state index < -0.39 is 0 Å². The number of amides is 2. The van der Waals surface area contributed by atoms with Crippen LogP contribution in [0.4, 0.5) is 14.9 Å². The number of carbonyl (C=O) groups excluding carboxylic acids is 1. The van der Waals surface area contributed by atoms with Gasteiger partial charge in [0.05, 0.1) is 0 Å². The van der Waals surface area contributed by atoms with E-state index in [1.165, 1.54) is 6.07 Å². The third-order valence-electron chi connectivity index (χ3n) is 2.99. The van der Waals surface area contributed by atoms with Crippen molar-refractivity contribution in [1.82, 2.24) is 5.32 Å². The highest BCUT2D eigenvalue weighted by atomic mass is 19.1. The highest BCUT2D eigenvalue weighted by molar-refractivity contribution is 5.89. The largest absolute Gasteiger partial charge is 0.381 e. The molecule has 0 aliphatic carbocycles. The van der Waals surface area contributed by atoms with Crippen molar-refractivity contribution in [2.75, 3.05) is 18.5 Å². The lowest BCUT2D eigenvalue weighted by molar-refractivity contribution is 0.0806. The third-order valence-corrected chi connectivity index (χ3v) is 2.99. The predicted molar refractivity (Wildman–Crippen MR) is 67.1 cm³/mol. The summed E-state index contributed by atoms with van der Waals surface area (Å²) in [5, 5.41) is 5.48. The van der Waals surface area contributed by atoms with Gasteiger partial charge in [0.15, 0.2) is 0 Å². The van der Waals surface area contributed by atoms with Crippen LogP contribution in [-0.2, 0) is 4.74 Å². The fourth-order valence-corrected chi connectivity index (χ4v) is 1.87. The molecule has 2 N–H and O–H groups in total. The number of halogens is 1. The molecule has 0 bridgehead atoms. The molecule has 4 nitrogen and oxygen atoms in total. The van der Waals surface area contributed by atoms with E-state index >= 15 is 0 Å². The Hall–Kier alpha value is -1.62. The number of nitrogens with one attached hydrogen (secondary N) is 2. The molecule has 1 aromatic rings. The lowest BCUT2D eigenvalue weighted by Crippen LogP contribution is -2.41. The molecule has 0 spiro atoms. The number of carbonyl (C=O) groups is 1. The molecule has 0 saturated carbocycles. The second-order valence-electron chi connectivity index (χ2n) is 4.45. The second kappa shape index (κ2) is 5.82. The molecule has 0 aromatic heterocycles. The summed E-state index contributed by atoms with van der Waals surface area (Å²) in [6, 6.07) is 4.47. The summed E-state index contributed by atoms with van der Waals surface area (Å²) in [6.07, 6.45) is 1.63. The number of hydrogen-bond acceptors (Lipinski definition) is 2. The van der Waals surface area contributed by atoms with Crippen LogP contribution in [0.2, 0.25) is 0 Å². The van der Waals surface area contributed by atoms with E-state index in [2.05, 4.69) is 10.6 Å². The molecular weight excluding hydrogens is 235 g/mol. The van der Waals surface area contributed by atoms with Crippen molar-refractivity contribution in [3.8, 4) is 0 Å². The van der Waals surface area contributed by atoms with Crippen molar-refractivity contribution in [2.24, 2.45) is 0 Å². The second-order valence-corrected chi connectivity index (χ2v) is 4.45. The van der Waals surface area contributed by atoms with Gasteiger partial charge in [-0.1, -0.05) is 6.07 Å². The molecule has 98 valence electrons. The molecule has 1 aliphatic heterocycles. The molecule has 1 fully saturated rings. The first kappa shape index (κ1) is 12.8. The van der Waals surface area contributed by atoms with Crippen LogP contribution in [0.1, 0.15) is 18.4 Å². The van der Waals surface area contributed by atoms with Crippen molar-refractivity contribution < 1.29 is 13.9 Å². The van der Waals surface area contributed by atoms with Crippen LogP contribution in [0.15, 0.2) is 18.2 Å². The molecule has 1 aliphatic rings. The normalized spacial score (nSPS) is 16.3. The summed E-state index contributed by atoms with van der Waals surface area (Å²) >= 11 is 0. The van der Waals surface area contributed by atoms with Gasteiger partial charge in [0, 0.05) is 24.9 Å². The zero-order valence-corrected chi connectivity index (χ0v) is 10.3. The summed E-state index contributed by atoms with van der Waals surface area (Å²) in [6.45, 7) is 3.02. The summed E-state index contributed by atoms with van der Waals surface area (Å²) in [7, 11) is 0. The van der Waals surface area contributed by atoms with Crippen molar-refractivity contribution >= 4 is 11.7 Å². The lowest BCUT2D eigenvalue weighted by atomic mass is 10.1. The molecule has 0 radical (unpaired) electrons. The van der Waals surface area contributed by atoms with Crippen molar-refractivity contribution in [1.29, 1.82) is 0 Å². The topological polar surface area (TPSA) is 50.4 Å². The quantitative estimate of drug-likeness (QED) is 0.849. The van der Waals surface area contributed by atoms with Gasteiger partial charge in [-0.25, -0.2) is 9.18 Å². The van der Waals surface area contributed by atoms with E-state index in [0.717, 1.165) is 12.8 Å². The van der Waals surface area contributed by atoms with Gasteiger partial charge in [0.1, 0.15) is 5.82 Å². The number of aryl methyl sites for hydroxylation is 1. The Balaban J connectivity index is 1.88. The first-order valence-electron chi connectivity index (χ1n) is 6.06. The number of hydrogen-bond donors (Lipinski definition) is 2. The molecular formula is C13H17FN2O2. The van der Waals surface area contributed by atoms with E-state index in [1.54, 1.807) is 19.1 Å². The summed E-state index contributed by atoms with van der Waals surface area (Å²) < 4.78 is 18.5. The number of urea groups is 1. The van der Waals surface area contributed by atoms with Crippen LogP contribution in [0, 0.1) is 12.7 Å². The van der Waals surface area contributed by atoms with Gasteiger partial charge in [0.25, 0.3) is 0 Å². The van der Waals surface area contributed by atoms with Crippen molar-refractivity contribution in [3.63, 3.8) is 0 Å². The zero-order chi connectivity index (χ0) is 13.0. The van der Waals surface area contributed by atoms with Crippen molar-refractivity contribution in [3.05, 3.63) is 29.6 Å². The van der Waals surface area contributed by atoms with Gasteiger partial charge in [-0.05, 0) is 37.5 Å². The van der Waals surface area contributed by atoms with Gasteiger partial charge in [-0.15, -0.1) is 0 Å². The minimum absolute atomic E-state index is 0.133. The molecule has 2 rings (SSSR count). The van der Waals surface area contributed by atoms with E-state index in [1.807, 2.05) is 0 Å². The van der Waals surface area contributed by atoms with E-state index in [-0.39, 0.29) is 17.9 Å². The molecule has 2 amide bonds. The number of anilines is 1. The Bertz CT molecular complexity index is 431. The van der Waals surface area contributed by atoms with Gasteiger partial charge < -0.3 is 15.4 Å². The minimum atomic E-state index is -0.320. The number of rotatable bonds is 2. The molecule has 5 heteroatoms. The van der Waals surface area contributed by atoms with Crippen LogP contribution in [0.3, 0.4) is 0 Å². The van der Waals surface area contributed by atoms with Crippen LogP contribution < -0.4 is 10.6 Å². The van der Waals surface area contributed by atoms with Gasteiger partial charge >= 0.3 is 6.03 Å². The molecule has 1 aromatic carbocycles. The standard InChI is InChI=1S/C13H17FN2O2/c1-9-2-3-11(8-12(9)14)16-13(17)15-10-4-6-18-7-5-10/h2-3,8,10H,4-7H2,1H3,(H2,15,16,17). The minimum Gasteiger partial charge on any atom is -0.381 e. The Kier molecular flexibility index (Phi) is 4.15. The first-order valence-corrected chi connectivity index (χ1v) is 6.06. The van der Waals surface area contributed by atoms with E-state index in [4.69, 9.17) is 4.74 Å². The molecule has 18 heavy (non-hydrogen) atoms. The molecule has 1 heterocycles. The van der Waals surface area contributed by atoms with Gasteiger partial charge in [0.2, 0.25) is 0 Å². The van der Waals surface area contributed by atoms with E-state index in [9.17, 15) is 9.18 Å². The number of ether oxygens (including phenoxy) is 1. The average Bonchev–Trinajstić information content (AvgIpc) is 2.35. The van der Waals surface area contributed by atoms with Crippen LogP contribution in [0.25, 0.3) is 0 Å². The average molecular weight is 252 g/mol. The summed E-state index contributed by atoms with van der Waals surface area (Å²) in [4.78, 5) is 11.7. The molecule has 0 atom stereocenters. The fourth-order valence-electron chi connectivity index (χ4n) is 1.87. The Morgan fingerprint density at radius 2 is 2.11 bits per heavy atom. The Labute approximate surface area is 106 Å². The summed E-state index contributed by atoms with van der Waals surface area (Å²) in [5.74, 6) is -0.320. The van der Waals surface area contributed by atoms with Crippen molar-refractivity contribution in [2.45, 2.75) is 25.8 Å². The van der Waals surface area contributed by atoms with Gasteiger partial charge in [-0.2, -0.15) is 0 Å². The Morgan fingerprint density at radius 3 is 2.78 bits per heavy atom. The highest BCUT2D eigenvalue weighted by Gasteiger charge is 2.16. The monoisotopic (exact) mass is 252 g/mol. The highest BCUT2D eigenvalue weighted by Crippen LogP contribution is 2.13.